The second-order valence-electron chi connectivity index (χ2n) is 9.68. The highest BCUT2D eigenvalue weighted by atomic mass is 32.2. The molecule has 2 aromatic carbocycles. The maximum Gasteiger partial charge on any atom is 0.339 e. The summed E-state index contributed by atoms with van der Waals surface area (Å²) in [6.07, 6.45) is 0. The first kappa shape index (κ1) is 28.0. The molecule has 0 aliphatic carbocycles. The van der Waals surface area contributed by atoms with Crippen LogP contribution in [0, 0.1) is 5.92 Å². The third-order valence-electron chi connectivity index (χ3n) is 7.49. The second kappa shape index (κ2) is 12.3. The van der Waals surface area contributed by atoms with E-state index in [0.29, 0.717) is 56.1 Å². The number of methoxy groups -OCH3 is 2. The summed E-state index contributed by atoms with van der Waals surface area (Å²) in [6.45, 7) is 2.81. The van der Waals surface area contributed by atoms with Crippen LogP contribution in [0.5, 0.6) is 0 Å². The van der Waals surface area contributed by atoms with Gasteiger partial charge in [0.05, 0.1) is 37.0 Å². The molecule has 40 heavy (non-hydrogen) atoms. The molecule has 0 radical (unpaired) electrons. The number of rotatable bonds is 7. The van der Waals surface area contributed by atoms with Crippen LogP contribution in [0.3, 0.4) is 0 Å². The number of nitrogens with zero attached hydrogens (tertiary/aromatic N) is 3. The summed E-state index contributed by atoms with van der Waals surface area (Å²) in [7, 11) is 1.31. The van der Waals surface area contributed by atoms with Crippen molar-refractivity contribution in [3.05, 3.63) is 82.7 Å². The second-order valence-corrected chi connectivity index (χ2v) is 12.3. The van der Waals surface area contributed by atoms with Crippen LogP contribution >= 0.6 is 11.3 Å². The van der Waals surface area contributed by atoms with Crippen LogP contribution in [0.1, 0.15) is 32.2 Å². The summed E-state index contributed by atoms with van der Waals surface area (Å²) < 4.78 is 25.8. The molecule has 0 N–H and O–H groups in total. The van der Waals surface area contributed by atoms with Gasteiger partial charge in [0.15, 0.2) is 0 Å². The van der Waals surface area contributed by atoms with E-state index in [9.17, 15) is 18.6 Å². The van der Waals surface area contributed by atoms with E-state index in [-0.39, 0.29) is 17.7 Å². The van der Waals surface area contributed by atoms with Crippen molar-refractivity contribution in [2.24, 2.45) is 5.92 Å². The topological polar surface area (TPSA) is 96.5 Å². The van der Waals surface area contributed by atoms with Gasteiger partial charge in [-0.25, -0.2) is 18.1 Å². The average Bonchev–Trinajstić information content (AvgIpc) is 3.71. The molecule has 2 aliphatic heterocycles. The molecule has 210 valence electrons. The largest absolute Gasteiger partial charge is 0.465 e. The molecule has 2 fully saturated rings. The van der Waals surface area contributed by atoms with E-state index in [1.165, 1.54) is 31.6 Å². The van der Waals surface area contributed by atoms with Gasteiger partial charge in [0.1, 0.15) is 15.2 Å². The Morgan fingerprint density at radius 3 is 2.25 bits per heavy atom. The fourth-order valence-electron chi connectivity index (χ4n) is 5.40. The Balaban J connectivity index is 1.33. The van der Waals surface area contributed by atoms with Crippen LogP contribution < -0.4 is 4.90 Å². The Morgan fingerprint density at radius 2 is 1.60 bits per heavy atom. The molecular weight excluding hydrogens is 550 g/mol. The predicted octanol–water partition coefficient (Wildman–Crippen LogP) is 3.41. The third-order valence-corrected chi connectivity index (χ3v) is 10.1. The first-order valence-corrected chi connectivity index (χ1v) is 15.0. The van der Waals surface area contributed by atoms with Gasteiger partial charge < -0.3 is 19.3 Å². The molecule has 2 aliphatic rings. The number of hydrogen-bond acceptors (Lipinski definition) is 8. The molecule has 3 aromatic rings. The maximum atomic E-state index is 13.9. The molecular formula is C29H31N3O6S2. The Kier molecular flexibility index (Phi) is 8.63. The Hall–Kier alpha value is -3.54. The Bertz CT molecular complexity index is 1390. The quantitative estimate of drug-likeness (QED) is 0.395. The average molecular weight is 582 g/mol. The van der Waals surface area contributed by atoms with E-state index in [0.717, 1.165) is 9.77 Å². The first-order valence-electron chi connectivity index (χ1n) is 13.0. The lowest BCUT2D eigenvalue weighted by atomic mass is 9.88. The molecule has 3 atom stereocenters. The zero-order valence-electron chi connectivity index (χ0n) is 22.4. The number of piperazine rings is 1. The first-order chi connectivity index (χ1) is 19.4. The van der Waals surface area contributed by atoms with Crippen LogP contribution in [0.4, 0.5) is 5.69 Å². The van der Waals surface area contributed by atoms with Crippen molar-refractivity contribution in [1.82, 2.24) is 9.21 Å². The van der Waals surface area contributed by atoms with Gasteiger partial charge >= 0.3 is 11.9 Å². The fourth-order valence-corrected chi connectivity index (χ4v) is 7.71. The number of ether oxygens (including phenoxy) is 2. The summed E-state index contributed by atoms with van der Waals surface area (Å²) in [5.41, 5.74) is 2.32. The van der Waals surface area contributed by atoms with Crippen LogP contribution in [0.15, 0.2) is 70.3 Å². The smallest absolute Gasteiger partial charge is 0.339 e. The molecule has 11 heteroatoms. The van der Waals surface area contributed by atoms with Gasteiger partial charge in [-0.15, -0.1) is 11.3 Å². The minimum atomic E-state index is -1.32. The van der Waals surface area contributed by atoms with Gasteiger partial charge in [0.2, 0.25) is 5.91 Å². The lowest BCUT2D eigenvalue weighted by Gasteiger charge is -2.38. The number of thiophene rings is 1. The van der Waals surface area contributed by atoms with Crippen LogP contribution in [0.25, 0.3) is 0 Å². The monoisotopic (exact) mass is 581 g/mol. The Labute approximate surface area is 239 Å². The van der Waals surface area contributed by atoms with Crippen molar-refractivity contribution in [3.63, 3.8) is 0 Å². The third kappa shape index (κ3) is 5.67. The number of carbonyl (C=O) groups excluding carboxylic acids is 3. The van der Waals surface area contributed by atoms with Gasteiger partial charge in [-0.3, -0.25) is 4.79 Å². The Morgan fingerprint density at radius 1 is 0.875 bits per heavy atom. The summed E-state index contributed by atoms with van der Waals surface area (Å²) in [6, 6.07) is 18.4. The molecule has 1 aromatic heterocycles. The van der Waals surface area contributed by atoms with Crippen molar-refractivity contribution in [2.75, 3.05) is 58.4 Å². The zero-order chi connectivity index (χ0) is 28.2. The van der Waals surface area contributed by atoms with Crippen molar-refractivity contribution in [3.8, 4) is 0 Å². The van der Waals surface area contributed by atoms with Gasteiger partial charge in [0, 0.05) is 45.2 Å². The molecule has 0 bridgehead atoms. The normalized spacial score (nSPS) is 20.2. The highest BCUT2D eigenvalue weighted by molar-refractivity contribution is 7.85. The van der Waals surface area contributed by atoms with E-state index in [1.807, 2.05) is 61.9 Å². The van der Waals surface area contributed by atoms with Crippen LogP contribution in [-0.4, -0.2) is 84.7 Å². The fraction of sp³-hybridized carbons (Fsp3) is 0.345. The number of esters is 2. The number of hydrogen-bond donors (Lipinski definition) is 0. The number of anilines is 1. The van der Waals surface area contributed by atoms with Crippen molar-refractivity contribution in [1.29, 1.82) is 0 Å². The highest BCUT2D eigenvalue weighted by Crippen LogP contribution is 2.37. The molecule has 5 rings (SSSR count). The standard InChI is InChI=1S/C29H31N3O6S2/c1-37-28(34)21-10-11-22(29(35)38-2)25(17-21)30-12-14-31(15-13-30)27(33)24-19-32(40(36)26-9-6-16-39-26)18-23(24)20-7-4-3-5-8-20/h3-11,16-17,23-24H,12-15,18-19H2,1-2H3/t23?,24-,40?/m1/s1. The lowest BCUT2D eigenvalue weighted by molar-refractivity contribution is -0.135. The molecule has 2 saturated heterocycles. The van der Waals surface area contributed by atoms with Crippen molar-refractivity contribution >= 4 is 45.9 Å². The minimum Gasteiger partial charge on any atom is -0.465 e. The zero-order valence-corrected chi connectivity index (χ0v) is 24.0. The predicted molar refractivity (Wildman–Crippen MR) is 153 cm³/mol. The summed E-state index contributed by atoms with van der Waals surface area (Å²) >= 11 is 1.46. The SMILES string of the molecule is COC(=O)c1ccc(C(=O)OC)c(N2CCN(C(=O)[C@@H]3CN(S(=O)c4cccs4)CC3c3ccccc3)CC2)c1. The number of amides is 1. The van der Waals surface area contributed by atoms with Gasteiger partial charge in [0.25, 0.3) is 0 Å². The van der Waals surface area contributed by atoms with E-state index in [1.54, 1.807) is 12.1 Å². The van der Waals surface area contributed by atoms with Gasteiger partial charge in [-0.1, -0.05) is 36.4 Å². The number of carbonyl (C=O) groups is 3. The lowest BCUT2D eigenvalue weighted by Crippen LogP contribution is -2.51. The van der Waals surface area contributed by atoms with E-state index < -0.39 is 22.9 Å². The summed E-state index contributed by atoms with van der Waals surface area (Å²) in [5.74, 6) is -1.36. The molecule has 3 heterocycles. The van der Waals surface area contributed by atoms with E-state index in [4.69, 9.17) is 9.47 Å². The minimum absolute atomic E-state index is 0.0377. The summed E-state index contributed by atoms with van der Waals surface area (Å²) in [5, 5.41) is 1.91. The molecule has 1 amide bonds. The van der Waals surface area contributed by atoms with Gasteiger partial charge in [-0.05, 0) is 35.2 Å². The summed E-state index contributed by atoms with van der Waals surface area (Å²) in [4.78, 5) is 42.4. The highest BCUT2D eigenvalue weighted by Gasteiger charge is 2.43. The van der Waals surface area contributed by atoms with Crippen LogP contribution in [0.2, 0.25) is 0 Å². The maximum absolute atomic E-state index is 13.9. The van der Waals surface area contributed by atoms with Gasteiger partial charge in [-0.2, -0.15) is 0 Å². The van der Waals surface area contributed by atoms with E-state index in [2.05, 4.69) is 0 Å². The molecule has 9 nitrogen and oxygen atoms in total. The van der Waals surface area contributed by atoms with E-state index >= 15 is 0 Å². The van der Waals surface area contributed by atoms with Crippen molar-refractivity contribution in [2.45, 2.75) is 10.1 Å². The van der Waals surface area contributed by atoms with Crippen molar-refractivity contribution < 1.29 is 28.1 Å². The molecule has 0 saturated carbocycles. The molecule has 0 spiro atoms. The number of benzene rings is 2. The van der Waals surface area contributed by atoms with Crippen LogP contribution in [-0.2, 0) is 25.3 Å². The molecule has 2 unspecified atom stereocenters.